The molecule has 5 nitrogen and oxygen atoms in total. The monoisotopic (exact) mass is 348 g/mol. The maximum atomic E-state index is 13.3. The van der Waals surface area contributed by atoms with Crippen molar-refractivity contribution in [2.24, 2.45) is 0 Å². The third-order valence-corrected chi connectivity index (χ3v) is 4.86. The number of benzene rings is 1. The lowest BCUT2D eigenvalue weighted by Crippen LogP contribution is -2.35. The minimum Gasteiger partial charge on any atom is -0.345 e. The molecule has 0 radical (unpaired) electrons. The van der Waals surface area contributed by atoms with Gasteiger partial charge in [-0.2, -0.15) is 4.37 Å². The average Bonchev–Trinajstić information content (AvgIpc) is 2.93. The highest BCUT2D eigenvalue weighted by atomic mass is 32.1. The number of carbonyl (C=O) groups is 1. The molecule has 1 aromatic carbocycles. The van der Waals surface area contributed by atoms with Gasteiger partial charge in [-0.15, -0.1) is 0 Å². The lowest BCUT2D eigenvalue weighted by molar-refractivity contribution is 0.0766. The van der Waals surface area contributed by atoms with Crippen molar-refractivity contribution in [2.75, 3.05) is 31.1 Å². The van der Waals surface area contributed by atoms with Crippen molar-refractivity contribution < 1.29 is 9.18 Å². The Kier molecular flexibility index (Phi) is 5.08. The molecule has 1 aromatic heterocycles. The Morgan fingerprint density at radius 1 is 1.25 bits per heavy atom. The van der Waals surface area contributed by atoms with Crippen molar-refractivity contribution in [2.45, 2.75) is 26.2 Å². The van der Waals surface area contributed by atoms with E-state index in [1.54, 1.807) is 17.0 Å². The van der Waals surface area contributed by atoms with Gasteiger partial charge >= 0.3 is 0 Å². The number of carbonyl (C=O) groups excluding carboxylic acids is 1. The molecule has 0 saturated carbocycles. The van der Waals surface area contributed by atoms with Gasteiger partial charge in [-0.05, 0) is 24.6 Å². The van der Waals surface area contributed by atoms with Crippen molar-refractivity contribution in [3.8, 4) is 0 Å². The molecule has 0 spiro atoms. The van der Waals surface area contributed by atoms with Crippen LogP contribution in [0.2, 0.25) is 0 Å². The van der Waals surface area contributed by atoms with Crippen molar-refractivity contribution in [1.29, 1.82) is 0 Å². The normalized spacial score (nSPS) is 15.7. The Labute approximate surface area is 145 Å². The van der Waals surface area contributed by atoms with E-state index in [9.17, 15) is 9.18 Å². The Morgan fingerprint density at radius 3 is 2.79 bits per heavy atom. The number of amides is 1. The van der Waals surface area contributed by atoms with Crippen molar-refractivity contribution in [3.05, 3.63) is 41.5 Å². The number of aromatic nitrogens is 2. The van der Waals surface area contributed by atoms with E-state index in [-0.39, 0.29) is 11.7 Å². The molecule has 1 fully saturated rings. The van der Waals surface area contributed by atoms with Gasteiger partial charge in [0.1, 0.15) is 11.6 Å². The Balaban J connectivity index is 1.67. The summed E-state index contributed by atoms with van der Waals surface area (Å²) in [5.41, 5.74) is 0.404. The van der Waals surface area contributed by atoms with Gasteiger partial charge in [-0.3, -0.25) is 4.79 Å². The van der Waals surface area contributed by atoms with Crippen LogP contribution in [-0.2, 0) is 0 Å². The van der Waals surface area contributed by atoms with Crippen LogP contribution in [0.15, 0.2) is 24.3 Å². The molecule has 0 aliphatic carbocycles. The van der Waals surface area contributed by atoms with Gasteiger partial charge in [-0.25, -0.2) is 9.37 Å². The van der Waals surface area contributed by atoms with Crippen molar-refractivity contribution in [1.82, 2.24) is 14.3 Å². The lowest BCUT2D eigenvalue weighted by Gasteiger charge is -2.21. The number of rotatable bonds is 3. The van der Waals surface area contributed by atoms with E-state index >= 15 is 0 Å². The van der Waals surface area contributed by atoms with Gasteiger partial charge in [0.25, 0.3) is 5.91 Å². The van der Waals surface area contributed by atoms with Crippen LogP contribution in [0.3, 0.4) is 0 Å². The SMILES string of the molecule is CC(C)c1nsc(N2CCCN(C(=O)c3cccc(F)c3)CC2)n1. The third-order valence-electron chi connectivity index (χ3n) is 4.07. The Morgan fingerprint density at radius 2 is 2.08 bits per heavy atom. The van der Waals surface area contributed by atoms with Gasteiger partial charge < -0.3 is 9.80 Å². The van der Waals surface area contributed by atoms with Crippen LogP contribution in [0.4, 0.5) is 9.52 Å². The van der Waals surface area contributed by atoms with Crippen LogP contribution in [0.1, 0.15) is 42.4 Å². The maximum absolute atomic E-state index is 13.3. The minimum atomic E-state index is -0.382. The molecule has 1 aliphatic rings. The van der Waals surface area contributed by atoms with Crippen LogP contribution in [0, 0.1) is 5.82 Å². The summed E-state index contributed by atoms with van der Waals surface area (Å²) in [6.07, 6.45) is 0.859. The Bertz CT molecular complexity index is 718. The van der Waals surface area contributed by atoms with Crippen LogP contribution >= 0.6 is 11.5 Å². The van der Waals surface area contributed by atoms with E-state index in [1.807, 2.05) is 0 Å². The molecule has 1 aliphatic heterocycles. The molecule has 2 aromatic rings. The third kappa shape index (κ3) is 3.72. The van der Waals surface area contributed by atoms with Crippen molar-refractivity contribution in [3.63, 3.8) is 0 Å². The largest absolute Gasteiger partial charge is 0.345 e. The van der Waals surface area contributed by atoms with Crippen LogP contribution in [0.5, 0.6) is 0 Å². The predicted octanol–water partition coefficient (Wildman–Crippen LogP) is 3.15. The van der Waals surface area contributed by atoms with E-state index in [0.29, 0.717) is 31.1 Å². The molecule has 0 atom stereocenters. The fraction of sp³-hybridized carbons (Fsp3) is 0.471. The first-order valence-corrected chi connectivity index (χ1v) is 8.95. The molecular weight excluding hydrogens is 327 g/mol. The zero-order valence-electron chi connectivity index (χ0n) is 13.9. The zero-order chi connectivity index (χ0) is 17.1. The van der Waals surface area contributed by atoms with E-state index in [0.717, 1.165) is 23.9 Å². The first-order chi connectivity index (χ1) is 11.5. The van der Waals surface area contributed by atoms with E-state index < -0.39 is 0 Å². The average molecular weight is 348 g/mol. The maximum Gasteiger partial charge on any atom is 0.254 e. The highest BCUT2D eigenvalue weighted by Gasteiger charge is 2.22. The van der Waals surface area contributed by atoms with Crippen LogP contribution < -0.4 is 4.90 Å². The molecule has 0 N–H and O–H groups in total. The van der Waals surface area contributed by atoms with Crippen LogP contribution in [-0.4, -0.2) is 46.3 Å². The molecule has 7 heteroatoms. The molecule has 128 valence electrons. The van der Waals surface area contributed by atoms with Crippen LogP contribution in [0.25, 0.3) is 0 Å². The standard InChI is InChI=1S/C17H21FN4OS/c1-12(2)15-19-17(24-20-15)22-8-4-7-21(9-10-22)16(23)13-5-3-6-14(18)11-13/h3,5-6,11-12H,4,7-10H2,1-2H3. The first kappa shape index (κ1) is 16.8. The van der Waals surface area contributed by atoms with E-state index in [4.69, 9.17) is 0 Å². The molecule has 24 heavy (non-hydrogen) atoms. The number of hydrogen-bond donors (Lipinski definition) is 0. The molecule has 1 amide bonds. The summed E-state index contributed by atoms with van der Waals surface area (Å²) < 4.78 is 17.7. The summed E-state index contributed by atoms with van der Waals surface area (Å²) in [7, 11) is 0. The Hall–Kier alpha value is -2.02. The molecule has 1 saturated heterocycles. The predicted molar refractivity (Wildman–Crippen MR) is 93.1 cm³/mol. The topological polar surface area (TPSA) is 49.3 Å². The summed E-state index contributed by atoms with van der Waals surface area (Å²) >= 11 is 1.41. The molecule has 0 bridgehead atoms. The summed E-state index contributed by atoms with van der Waals surface area (Å²) in [6, 6.07) is 5.88. The van der Waals surface area contributed by atoms with E-state index in [2.05, 4.69) is 28.1 Å². The summed E-state index contributed by atoms with van der Waals surface area (Å²) in [4.78, 5) is 21.1. The highest BCUT2D eigenvalue weighted by molar-refractivity contribution is 7.09. The fourth-order valence-electron chi connectivity index (χ4n) is 2.71. The van der Waals surface area contributed by atoms with E-state index in [1.165, 1.54) is 23.7 Å². The smallest absolute Gasteiger partial charge is 0.254 e. The fourth-order valence-corrected chi connectivity index (χ4v) is 3.56. The van der Waals surface area contributed by atoms with Gasteiger partial charge in [0.2, 0.25) is 5.13 Å². The summed E-state index contributed by atoms with van der Waals surface area (Å²) in [6.45, 7) is 6.99. The highest BCUT2D eigenvalue weighted by Crippen LogP contribution is 2.23. The second-order valence-electron chi connectivity index (χ2n) is 6.23. The quantitative estimate of drug-likeness (QED) is 0.855. The summed E-state index contributed by atoms with van der Waals surface area (Å²) in [5, 5.41) is 0.916. The van der Waals surface area contributed by atoms with Crippen molar-refractivity contribution >= 4 is 22.6 Å². The molecule has 3 rings (SSSR count). The molecule has 0 unspecified atom stereocenters. The number of halogens is 1. The second-order valence-corrected chi connectivity index (χ2v) is 6.96. The first-order valence-electron chi connectivity index (χ1n) is 8.18. The van der Waals surface area contributed by atoms with Gasteiger partial charge in [0.05, 0.1) is 0 Å². The molecule has 2 heterocycles. The van der Waals surface area contributed by atoms with Gasteiger partial charge in [0.15, 0.2) is 0 Å². The molecular formula is C17H21FN4OS. The summed E-state index contributed by atoms with van der Waals surface area (Å²) in [5.74, 6) is 0.684. The number of anilines is 1. The number of nitrogens with zero attached hydrogens (tertiary/aromatic N) is 4. The van der Waals surface area contributed by atoms with Gasteiger partial charge in [-0.1, -0.05) is 19.9 Å². The minimum absolute atomic E-state index is 0.114. The lowest BCUT2D eigenvalue weighted by atomic mass is 10.2. The van der Waals surface area contributed by atoms with Gasteiger partial charge in [0, 0.05) is 49.2 Å². The number of hydrogen-bond acceptors (Lipinski definition) is 5. The zero-order valence-corrected chi connectivity index (χ0v) is 14.7. The second kappa shape index (κ2) is 7.25.